The highest BCUT2D eigenvalue weighted by molar-refractivity contribution is 9.11. The van der Waals surface area contributed by atoms with Crippen LogP contribution in [0, 0.1) is 10.1 Å². The molecule has 8 nitrogen and oxygen atoms in total. The van der Waals surface area contributed by atoms with Crippen molar-refractivity contribution in [3.63, 3.8) is 0 Å². The molecule has 0 unspecified atom stereocenters. The lowest BCUT2D eigenvalue weighted by Crippen LogP contribution is -2.17. The SMILES string of the molecule is O=C(NN=Cc1ccc(-c2cccc([N+](=O)[O-])c2)o1)c1cc(Br)c(O)c(Br)c1. The van der Waals surface area contributed by atoms with Crippen LogP contribution < -0.4 is 5.43 Å². The van der Waals surface area contributed by atoms with Crippen molar-refractivity contribution in [1.29, 1.82) is 0 Å². The van der Waals surface area contributed by atoms with Gasteiger partial charge in [-0.05, 0) is 56.1 Å². The molecule has 0 aliphatic rings. The minimum Gasteiger partial charge on any atom is -0.506 e. The Morgan fingerprint density at radius 2 is 1.89 bits per heavy atom. The molecule has 3 aromatic rings. The van der Waals surface area contributed by atoms with E-state index in [-0.39, 0.29) is 17.0 Å². The number of hydrogen-bond donors (Lipinski definition) is 2. The number of phenolic OH excluding ortho intramolecular Hbond substituents is 1. The number of nitro benzene ring substituents is 1. The molecule has 0 radical (unpaired) electrons. The third kappa shape index (κ3) is 4.46. The van der Waals surface area contributed by atoms with Gasteiger partial charge in [0.15, 0.2) is 0 Å². The van der Waals surface area contributed by atoms with Crippen LogP contribution in [0.15, 0.2) is 67.0 Å². The highest BCUT2D eigenvalue weighted by atomic mass is 79.9. The van der Waals surface area contributed by atoms with Crippen molar-refractivity contribution in [2.75, 3.05) is 0 Å². The second-order valence-corrected chi connectivity index (χ2v) is 7.21. The van der Waals surface area contributed by atoms with Crippen LogP contribution >= 0.6 is 31.9 Å². The highest BCUT2D eigenvalue weighted by Crippen LogP contribution is 2.33. The molecule has 0 spiro atoms. The molecule has 0 bridgehead atoms. The van der Waals surface area contributed by atoms with Crippen molar-refractivity contribution < 1.29 is 19.2 Å². The van der Waals surface area contributed by atoms with Gasteiger partial charge in [0, 0.05) is 23.3 Å². The summed E-state index contributed by atoms with van der Waals surface area (Å²) >= 11 is 6.31. The third-order valence-corrected chi connectivity index (χ3v) is 4.81. The third-order valence-electron chi connectivity index (χ3n) is 3.61. The number of furan rings is 1. The van der Waals surface area contributed by atoms with E-state index in [4.69, 9.17) is 4.42 Å². The predicted octanol–water partition coefficient (Wildman–Crippen LogP) is 4.85. The molecule has 2 N–H and O–H groups in total. The number of benzene rings is 2. The van der Waals surface area contributed by atoms with Gasteiger partial charge in [-0.15, -0.1) is 0 Å². The summed E-state index contributed by atoms with van der Waals surface area (Å²) in [6.07, 6.45) is 1.31. The summed E-state index contributed by atoms with van der Waals surface area (Å²) in [5.41, 5.74) is 3.15. The van der Waals surface area contributed by atoms with Crippen molar-refractivity contribution in [1.82, 2.24) is 5.43 Å². The summed E-state index contributed by atoms with van der Waals surface area (Å²) in [4.78, 5) is 22.5. The van der Waals surface area contributed by atoms with E-state index in [0.717, 1.165) is 0 Å². The molecule has 0 aliphatic heterocycles. The number of halogens is 2. The zero-order chi connectivity index (χ0) is 20.3. The number of rotatable bonds is 5. The maximum absolute atomic E-state index is 12.1. The van der Waals surface area contributed by atoms with E-state index in [1.807, 2.05) is 0 Å². The summed E-state index contributed by atoms with van der Waals surface area (Å²) in [5.74, 6) is 0.296. The largest absolute Gasteiger partial charge is 0.506 e. The molecular formula is C18H11Br2N3O5. The molecule has 1 aromatic heterocycles. The molecule has 142 valence electrons. The first-order valence-corrected chi connectivity index (χ1v) is 9.30. The molecule has 0 saturated heterocycles. The van der Waals surface area contributed by atoms with Gasteiger partial charge in [0.25, 0.3) is 11.6 Å². The summed E-state index contributed by atoms with van der Waals surface area (Å²) in [5, 5.41) is 24.4. The Morgan fingerprint density at radius 1 is 1.18 bits per heavy atom. The van der Waals surface area contributed by atoms with Crippen LogP contribution in [0.5, 0.6) is 5.75 Å². The van der Waals surface area contributed by atoms with Gasteiger partial charge in [0.05, 0.1) is 20.1 Å². The first kappa shape index (κ1) is 19.8. The van der Waals surface area contributed by atoms with Gasteiger partial charge in [0.2, 0.25) is 0 Å². The van der Waals surface area contributed by atoms with Gasteiger partial charge in [-0.25, -0.2) is 5.43 Å². The average Bonchev–Trinajstić information content (AvgIpc) is 3.14. The Labute approximate surface area is 175 Å². The second kappa shape index (κ2) is 8.36. The number of hydrazone groups is 1. The van der Waals surface area contributed by atoms with Crippen LogP contribution in [-0.2, 0) is 0 Å². The number of aromatic hydroxyl groups is 1. The van der Waals surface area contributed by atoms with Crippen LogP contribution in [0.4, 0.5) is 5.69 Å². The molecule has 0 saturated carbocycles. The smallest absolute Gasteiger partial charge is 0.271 e. The fraction of sp³-hybridized carbons (Fsp3) is 0. The Balaban J connectivity index is 1.70. The molecule has 0 fully saturated rings. The maximum Gasteiger partial charge on any atom is 0.271 e. The van der Waals surface area contributed by atoms with E-state index in [1.165, 1.54) is 30.5 Å². The van der Waals surface area contributed by atoms with E-state index in [9.17, 15) is 20.0 Å². The van der Waals surface area contributed by atoms with Gasteiger partial charge >= 0.3 is 0 Å². The predicted molar refractivity (Wildman–Crippen MR) is 109 cm³/mol. The van der Waals surface area contributed by atoms with Crippen molar-refractivity contribution >= 4 is 49.7 Å². The number of nitrogens with one attached hydrogen (secondary N) is 1. The zero-order valence-corrected chi connectivity index (χ0v) is 17.1. The van der Waals surface area contributed by atoms with E-state index in [2.05, 4.69) is 42.4 Å². The number of non-ortho nitro benzene ring substituents is 1. The minimum atomic E-state index is -0.483. The summed E-state index contributed by atoms with van der Waals surface area (Å²) in [6, 6.07) is 12.2. The molecule has 1 heterocycles. The minimum absolute atomic E-state index is 0.00989. The van der Waals surface area contributed by atoms with Crippen LogP contribution in [0.3, 0.4) is 0 Å². The topological polar surface area (TPSA) is 118 Å². The van der Waals surface area contributed by atoms with Crippen molar-refractivity contribution in [2.45, 2.75) is 0 Å². The monoisotopic (exact) mass is 507 g/mol. The quantitative estimate of drug-likeness (QED) is 0.290. The van der Waals surface area contributed by atoms with Crippen LogP contribution in [0.1, 0.15) is 16.1 Å². The van der Waals surface area contributed by atoms with Crippen LogP contribution in [-0.4, -0.2) is 22.2 Å². The Bertz CT molecular complexity index is 1070. The molecule has 28 heavy (non-hydrogen) atoms. The molecule has 3 rings (SSSR count). The number of carbonyl (C=O) groups is 1. The van der Waals surface area contributed by atoms with Gasteiger partial charge in [0.1, 0.15) is 17.3 Å². The summed E-state index contributed by atoms with van der Waals surface area (Å²) in [7, 11) is 0. The van der Waals surface area contributed by atoms with Gasteiger partial charge in [-0.1, -0.05) is 12.1 Å². The Hall–Kier alpha value is -2.98. The van der Waals surface area contributed by atoms with Crippen molar-refractivity contribution in [3.05, 3.63) is 78.9 Å². The highest BCUT2D eigenvalue weighted by Gasteiger charge is 2.12. The second-order valence-electron chi connectivity index (χ2n) is 5.50. The zero-order valence-electron chi connectivity index (χ0n) is 13.9. The fourth-order valence-corrected chi connectivity index (χ4v) is 3.45. The van der Waals surface area contributed by atoms with Crippen LogP contribution in [0.2, 0.25) is 0 Å². The molecule has 1 amide bonds. The Morgan fingerprint density at radius 3 is 2.57 bits per heavy atom. The first-order valence-electron chi connectivity index (χ1n) is 7.71. The lowest BCUT2D eigenvalue weighted by molar-refractivity contribution is -0.384. The van der Waals surface area contributed by atoms with Crippen LogP contribution in [0.25, 0.3) is 11.3 Å². The lowest BCUT2D eigenvalue weighted by Gasteiger charge is -2.04. The number of hydrogen-bond acceptors (Lipinski definition) is 6. The molecule has 0 atom stereocenters. The molecule has 2 aromatic carbocycles. The van der Waals surface area contributed by atoms with Gasteiger partial charge in [-0.3, -0.25) is 14.9 Å². The molecule has 0 aliphatic carbocycles. The van der Waals surface area contributed by atoms with Crippen molar-refractivity contribution in [3.8, 4) is 17.1 Å². The Kier molecular flexibility index (Phi) is 5.90. The van der Waals surface area contributed by atoms with Gasteiger partial charge < -0.3 is 9.52 Å². The lowest BCUT2D eigenvalue weighted by atomic mass is 10.1. The number of nitro groups is 1. The van der Waals surface area contributed by atoms with Gasteiger partial charge in [-0.2, -0.15) is 5.10 Å². The number of nitrogens with zero attached hydrogens (tertiary/aromatic N) is 2. The average molecular weight is 509 g/mol. The maximum atomic E-state index is 12.1. The summed E-state index contributed by atoms with van der Waals surface area (Å²) in [6.45, 7) is 0. The number of carbonyl (C=O) groups excluding carboxylic acids is 1. The van der Waals surface area contributed by atoms with E-state index in [0.29, 0.717) is 26.0 Å². The number of amides is 1. The molecular weight excluding hydrogens is 498 g/mol. The first-order chi connectivity index (χ1) is 13.3. The molecule has 10 heteroatoms. The van der Waals surface area contributed by atoms with E-state index in [1.54, 1.807) is 24.3 Å². The summed E-state index contributed by atoms with van der Waals surface area (Å²) < 4.78 is 6.30. The normalized spacial score (nSPS) is 10.9. The fourth-order valence-electron chi connectivity index (χ4n) is 2.27. The number of phenols is 1. The van der Waals surface area contributed by atoms with Crippen molar-refractivity contribution in [2.24, 2.45) is 5.10 Å². The standard InChI is InChI=1S/C18H11Br2N3O5/c19-14-7-11(8-15(20)17(14)24)18(25)22-21-9-13-4-5-16(28-13)10-2-1-3-12(6-10)23(26)27/h1-9,24H,(H,22,25). The van der Waals surface area contributed by atoms with E-state index < -0.39 is 10.8 Å². The van der Waals surface area contributed by atoms with E-state index >= 15 is 0 Å².